The van der Waals surface area contributed by atoms with Gasteiger partial charge in [-0.25, -0.2) is 0 Å². The highest BCUT2D eigenvalue weighted by molar-refractivity contribution is 5.94. The van der Waals surface area contributed by atoms with E-state index in [0.29, 0.717) is 28.4 Å². The molecule has 3 rings (SSSR count). The van der Waals surface area contributed by atoms with Crippen LogP contribution in [0.25, 0.3) is 5.70 Å². The zero-order chi connectivity index (χ0) is 15.5. The van der Waals surface area contributed by atoms with Crippen LogP contribution in [0, 0.1) is 0 Å². The second-order valence-electron chi connectivity index (χ2n) is 4.75. The van der Waals surface area contributed by atoms with Crippen molar-refractivity contribution in [3.63, 3.8) is 0 Å². The zero-order valence-corrected chi connectivity index (χ0v) is 11.8. The molecule has 0 saturated heterocycles. The first kappa shape index (κ1) is 13.8. The molecule has 1 heterocycles. The van der Waals surface area contributed by atoms with Gasteiger partial charge < -0.3 is 15.2 Å². The van der Waals surface area contributed by atoms with E-state index >= 15 is 0 Å². The smallest absolute Gasteiger partial charge is 0.269 e. The Morgan fingerprint density at radius 1 is 1.00 bits per heavy atom. The lowest BCUT2D eigenvalue weighted by Gasteiger charge is -2.12. The van der Waals surface area contributed by atoms with Crippen molar-refractivity contribution in [3.05, 3.63) is 60.2 Å². The standard InChI is InChI=1S/C16H15N3O3/c1-10(12-4-7-14-15(8-12)22-9-21-14)18-19-16(20)11-2-5-13(17)6-3-11/h2-8,18H,1,9,17H2,(H,19,20). The Balaban J connectivity index is 1.62. The quantitative estimate of drug-likeness (QED) is 0.593. The van der Waals surface area contributed by atoms with Crippen molar-refractivity contribution in [2.75, 3.05) is 12.5 Å². The van der Waals surface area contributed by atoms with E-state index in [9.17, 15) is 4.79 Å². The van der Waals surface area contributed by atoms with Crippen LogP contribution in [0.3, 0.4) is 0 Å². The van der Waals surface area contributed by atoms with Crippen LogP contribution in [0.1, 0.15) is 15.9 Å². The third-order valence-corrected chi connectivity index (χ3v) is 3.22. The predicted octanol–water partition coefficient (Wildman–Crippen LogP) is 1.90. The fourth-order valence-corrected chi connectivity index (χ4v) is 2.00. The molecule has 0 spiro atoms. The van der Waals surface area contributed by atoms with Gasteiger partial charge in [0.15, 0.2) is 11.5 Å². The van der Waals surface area contributed by atoms with Crippen LogP contribution in [-0.2, 0) is 0 Å². The van der Waals surface area contributed by atoms with Crippen LogP contribution in [0.2, 0.25) is 0 Å². The predicted molar refractivity (Wildman–Crippen MR) is 83.1 cm³/mol. The summed E-state index contributed by atoms with van der Waals surface area (Å²) in [5.41, 5.74) is 13.4. The molecular weight excluding hydrogens is 282 g/mol. The molecule has 0 aliphatic carbocycles. The summed E-state index contributed by atoms with van der Waals surface area (Å²) < 4.78 is 10.6. The van der Waals surface area contributed by atoms with Gasteiger partial charge in [-0.05, 0) is 42.5 Å². The van der Waals surface area contributed by atoms with Crippen LogP contribution >= 0.6 is 0 Å². The molecule has 0 saturated carbocycles. The number of rotatable bonds is 4. The molecular formula is C16H15N3O3. The van der Waals surface area contributed by atoms with Gasteiger partial charge in [-0.15, -0.1) is 0 Å². The van der Waals surface area contributed by atoms with E-state index in [4.69, 9.17) is 15.2 Å². The Kier molecular flexibility index (Phi) is 3.57. The fourth-order valence-electron chi connectivity index (χ4n) is 2.00. The molecule has 0 unspecified atom stereocenters. The Labute approximate surface area is 127 Å². The van der Waals surface area contributed by atoms with E-state index in [2.05, 4.69) is 17.4 Å². The first-order valence-electron chi connectivity index (χ1n) is 6.64. The Morgan fingerprint density at radius 2 is 1.68 bits per heavy atom. The van der Waals surface area contributed by atoms with Gasteiger partial charge in [0.1, 0.15) is 0 Å². The van der Waals surface area contributed by atoms with Crippen LogP contribution in [-0.4, -0.2) is 12.7 Å². The van der Waals surface area contributed by atoms with Gasteiger partial charge in [-0.2, -0.15) is 0 Å². The highest BCUT2D eigenvalue weighted by Crippen LogP contribution is 2.33. The minimum absolute atomic E-state index is 0.215. The monoisotopic (exact) mass is 297 g/mol. The molecule has 0 bridgehead atoms. The van der Waals surface area contributed by atoms with Crippen LogP contribution < -0.4 is 26.1 Å². The molecule has 112 valence electrons. The Hall–Kier alpha value is -3.15. The summed E-state index contributed by atoms with van der Waals surface area (Å²) in [5.74, 6) is 1.08. The zero-order valence-electron chi connectivity index (χ0n) is 11.8. The number of nitrogens with one attached hydrogen (secondary N) is 2. The molecule has 6 nitrogen and oxygen atoms in total. The van der Waals surface area contributed by atoms with Crippen molar-refractivity contribution in [2.24, 2.45) is 0 Å². The molecule has 0 fully saturated rings. The van der Waals surface area contributed by atoms with Crippen molar-refractivity contribution in [2.45, 2.75) is 0 Å². The van der Waals surface area contributed by atoms with Gasteiger partial charge >= 0.3 is 0 Å². The fraction of sp³-hybridized carbons (Fsp3) is 0.0625. The van der Waals surface area contributed by atoms with Crippen molar-refractivity contribution >= 4 is 17.3 Å². The average Bonchev–Trinajstić information content (AvgIpc) is 3.00. The number of hydrogen-bond acceptors (Lipinski definition) is 5. The molecule has 4 N–H and O–H groups in total. The summed E-state index contributed by atoms with van der Waals surface area (Å²) in [5, 5.41) is 0. The van der Waals surface area contributed by atoms with Crippen molar-refractivity contribution in [3.8, 4) is 11.5 Å². The van der Waals surface area contributed by atoms with Gasteiger partial charge in [0, 0.05) is 16.8 Å². The lowest BCUT2D eigenvalue weighted by atomic mass is 10.1. The largest absolute Gasteiger partial charge is 0.454 e. The first-order chi connectivity index (χ1) is 10.6. The maximum absolute atomic E-state index is 12.0. The average molecular weight is 297 g/mol. The normalized spacial score (nSPS) is 11.8. The van der Waals surface area contributed by atoms with E-state index in [1.807, 2.05) is 6.07 Å². The maximum Gasteiger partial charge on any atom is 0.269 e. The van der Waals surface area contributed by atoms with E-state index in [1.54, 1.807) is 36.4 Å². The molecule has 22 heavy (non-hydrogen) atoms. The van der Waals surface area contributed by atoms with E-state index in [1.165, 1.54) is 0 Å². The summed E-state index contributed by atoms with van der Waals surface area (Å²) in [6, 6.07) is 12.1. The highest BCUT2D eigenvalue weighted by atomic mass is 16.7. The van der Waals surface area contributed by atoms with Gasteiger partial charge in [-0.3, -0.25) is 15.6 Å². The Bertz CT molecular complexity index is 726. The van der Waals surface area contributed by atoms with Crippen molar-refractivity contribution in [1.82, 2.24) is 10.9 Å². The number of nitrogens with two attached hydrogens (primary N) is 1. The number of hydrogen-bond donors (Lipinski definition) is 3. The maximum atomic E-state index is 12.0. The summed E-state index contributed by atoms with van der Waals surface area (Å²) >= 11 is 0. The van der Waals surface area contributed by atoms with Crippen LogP contribution in [0.5, 0.6) is 11.5 Å². The number of nitrogen functional groups attached to an aromatic ring is 1. The molecule has 1 amide bonds. The van der Waals surface area contributed by atoms with Crippen molar-refractivity contribution < 1.29 is 14.3 Å². The van der Waals surface area contributed by atoms with Gasteiger partial charge in [0.05, 0.1) is 5.70 Å². The highest BCUT2D eigenvalue weighted by Gasteiger charge is 2.14. The molecule has 1 aliphatic heterocycles. The van der Waals surface area contributed by atoms with Gasteiger partial charge in [0.25, 0.3) is 5.91 Å². The lowest BCUT2D eigenvalue weighted by Crippen LogP contribution is -2.35. The number of hydrazine groups is 1. The van der Waals surface area contributed by atoms with Crippen molar-refractivity contribution in [1.29, 1.82) is 0 Å². The summed E-state index contributed by atoms with van der Waals surface area (Å²) in [7, 11) is 0. The number of anilines is 1. The lowest BCUT2D eigenvalue weighted by molar-refractivity contribution is 0.0942. The molecule has 2 aromatic rings. The number of fused-ring (bicyclic) bond motifs is 1. The van der Waals surface area contributed by atoms with Gasteiger partial charge in [0.2, 0.25) is 6.79 Å². The molecule has 0 aromatic heterocycles. The second kappa shape index (κ2) is 5.69. The molecule has 0 radical (unpaired) electrons. The first-order valence-corrected chi connectivity index (χ1v) is 6.64. The number of carbonyl (C=O) groups excluding carboxylic acids is 1. The molecule has 2 aromatic carbocycles. The van der Waals surface area contributed by atoms with Crippen LogP contribution in [0.4, 0.5) is 5.69 Å². The minimum Gasteiger partial charge on any atom is -0.454 e. The summed E-state index contributed by atoms with van der Waals surface area (Å²) in [6.45, 7) is 4.10. The Morgan fingerprint density at radius 3 is 2.45 bits per heavy atom. The van der Waals surface area contributed by atoms with E-state index in [-0.39, 0.29) is 12.7 Å². The third-order valence-electron chi connectivity index (χ3n) is 3.22. The van der Waals surface area contributed by atoms with E-state index < -0.39 is 0 Å². The number of ether oxygens (including phenoxy) is 2. The number of benzene rings is 2. The van der Waals surface area contributed by atoms with E-state index in [0.717, 1.165) is 5.56 Å². The number of carbonyl (C=O) groups is 1. The minimum atomic E-state index is -0.276. The molecule has 0 atom stereocenters. The topological polar surface area (TPSA) is 85.6 Å². The second-order valence-corrected chi connectivity index (χ2v) is 4.75. The summed E-state index contributed by atoms with van der Waals surface area (Å²) in [6.07, 6.45) is 0. The number of amides is 1. The molecule has 6 heteroatoms. The summed E-state index contributed by atoms with van der Waals surface area (Å²) in [4.78, 5) is 12.0. The SMILES string of the molecule is C=C(NNC(=O)c1ccc(N)cc1)c1ccc2c(c1)OCO2. The van der Waals surface area contributed by atoms with Crippen LogP contribution in [0.15, 0.2) is 49.0 Å². The molecule has 1 aliphatic rings. The van der Waals surface area contributed by atoms with Gasteiger partial charge in [-0.1, -0.05) is 6.58 Å². The third kappa shape index (κ3) is 2.80.